The lowest BCUT2D eigenvalue weighted by molar-refractivity contribution is -0.894. The van der Waals surface area contributed by atoms with E-state index in [1.807, 2.05) is 0 Å². The van der Waals surface area contributed by atoms with Crippen LogP contribution >= 0.6 is 0 Å². The quantitative estimate of drug-likeness (QED) is 0.754. The maximum atomic E-state index is 11.7. The van der Waals surface area contributed by atoms with E-state index >= 15 is 0 Å². The van der Waals surface area contributed by atoms with E-state index in [0.29, 0.717) is 11.8 Å². The molecule has 0 aromatic carbocycles. The van der Waals surface area contributed by atoms with E-state index in [4.69, 9.17) is 0 Å². The van der Waals surface area contributed by atoms with Gasteiger partial charge in [-0.1, -0.05) is 6.08 Å². The van der Waals surface area contributed by atoms with Crippen molar-refractivity contribution in [1.29, 1.82) is 0 Å². The van der Waals surface area contributed by atoms with Gasteiger partial charge in [0.25, 0.3) is 0 Å². The molecule has 1 saturated heterocycles. The molecule has 96 valence electrons. The lowest BCUT2D eigenvalue weighted by Crippen LogP contribution is -2.58. The molecule has 0 saturated carbocycles. The number of likely N-dealkylation sites (N-methyl/N-ethyl adjacent to an activating group) is 1. The summed E-state index contributed by atoms with van der Waals surface area (Å²) >= 11 is 0. The topological polar surface area (TPSA) is 29.1 Å². The SMILES string of the molecule is C[N+]1(C)CCNC(CCC2=CCCCC2=O)C1. The van der Waals surface area contributed by atoms with Crippen LogP contribution in [0, 0.1) is 0 Å². The third-order valence-corrected chi connectivity index (χ3v) is 3.98. The maximum absolute atomic E-state index is 11.7. The van der Waals surface area contributed by atoms with E-state index in [0.717, 1.165) is 48.7 Å². The number of ketones is 1. The smallest absolute Gasteiger partial charge is 0.158 e. The predicted octanol–water partition coefficient (Wildman–Crippen LogP) is 1.49. The van der Waals surface area contributed by atoms with Crippen LogP contribution in [0.5, 0.6) is 0 Å². The van der Waals surface area contributed by atoms with Gasteiger partial charge in [-0.25, -0.2) is 0 Å². The van der Waals surface area contributed by atoms with E-state index in [1.54, 1.807) is 0 Å². The number of carbonyl (C=O) groups is 1. The molecule has 0 spiro atoms. The molecule has 0 bridgehead atoms. The van der Waals surface area contributed by atoms with Gasteiger partial charge in [0.1, 0.15) is 0 Å². The first kappa shape index (κ1) is 12.8. The summed E-state index contributed by atoms with van der Waals surface area (Å²) in [6.45, 7) is 3.49. The average Bonchev–Trinajstić information content (AvgIpc) is 2.27. The number of piperazine rings is 1. The summed E-state index contributed by atoms with van der Waals surface area (Å²) in [6.07, 6.45) is 7.16. The summed E-state index contributed by atoms with van der Waals surface area (Å²) in [4.78, 5) is 11.7. The van der Waals surface area contributed by atoms with Crippen molar-refractivity contribution in [3.63, 3.8) is 0 Å². The zero-order valence-corrected chi connectivity index (χ0v) is 11.2. The summed E-state index contributed by atoms with van der Waals surface area (Å²) < 4.78 is 1.10. The van der Waals surface area contributed by atoms with E-state index in [1.165, 1.54) is 13.1 Å². The molecule has 1 aliphatic carbocycles. The Labute approximate surface area is 104 Å². The summed E-state index contributed by atoms with van der Waals surface area (Å²) in [6, 6.07) is 0.578. The lowest BCUT2D eigenvalue weighted by Gasteiger charge is -2.38. The minimum atomic E-state index is 0.390. The van der Waals surface area contributed by atoms with Gasteiger partial charge in [0.2, 0.25) is 0 Å². The van der Waals surface area contributed by atoms with Gasteiger partial charge in [0.05, 0.1) is 33.2 Å². The zero-order chi connectivity index (χ0) is 12.3. The van der Waals surface area contributed by atoms with Crippen molar-refractivity contribution in [1.82, 2.24) is 5.32 Å². The third-order valence-electron chi connectivity index (χ3n) is 3.98. The van der Waals surface area contributed by atoms with Crippen molar-refractivity contribution < 1.29 is 9.28 Å². The first-order valence-electron chi connectivity index (χ1n) is 6.84. The highest BCUT2D eigenvalue weighted by molar-refractivity contribution is 5.95. The highest BCUT2D eigenvalue weighted by Crippen LogP contribution is 2.20. The molecule has 1 unspecified atom stereocenters. The van der Waals surface area contributed by atoms with Crippen molar-refractivity contribution in [3.8, 4) is 0 Å². The zero-order valence-electron chi connectivity index (χ0n) is 11.2. The molecule has 0 aromatic heterocycles. The van der Waals surface area contributed by atoms with Crippen LogP contribution in [0.1, 0.15) is 32.1 Å². The first-order chi connectivity index (χ1) is 8.07. The number of allylic oxidation sites excluding steroid dienone is 2. The van der Waals surface area contributed by atoms with Crippen LogP contribution in [-0.4, -0.2) is 50.0 Å². The average molecular weight is 237 g/mol. The molecule has 1 aliphatic heterocycles. The fourth-order valence-corrected chi connectivity index (χ4v) is 2.90. The minimum absolute atomic E-state index is 0.390. The summed E-state index contributed by atoms with van der Waals surface area (Å²) in [7, 11) is 4.58. The van der Waals surface area contributed by atoms with E-state index < -0.39 is 0 Å². The second kappa shape index (κ2) is 5.32. The van der Waals surface area contributed by atoms with Crippen molar-refractivity contribution in [2.75, 3.05) is 33.7 Å². The monoisotopic (exact) mass is 237 g/mol. The molecule has 1 fully saturated rings. The summed E-state index contributed by atoms with van der Waals surface area (Å²) in [5.74, 6) is 0.390. The van der Waals surface area contributed by atoms with Crippen molar-refractivity contribution in [2.24, 2.45) is 0 Å². The molecule has 2 rings (SSSR count). The van der Waals surface area contributed by atoms with Crippen LogP contribution in [0.2, 0.25) is 0 Å². The number of carbonyl (C=O) groups excluding carboxylic acids is 1. The van der Waals surface area contributed by atoms with Crippen LogP contribution < -0.4 is 5.32 Å². The van der Waals surface area contributed by atoms with E-state index in [-0.39, 0.29) is 0 Å². The summed E-state index contributed by atoms with van der Waals surface area (Å²) in [5.41, 5.74) is 1.09. The maximum Gasteiger partial charge on any atom is 0.158 e. The third kappa shape index (κ3) is 3.65. The predicted molar refractivity (Wildman–Crippen MR) is 69.8 cm³/mol. The normalized spacial score (nSPS) is 28.9. The van der Waals surface area contributed by atoms with Crippen molar-refractivity contribution in [2.45, 2.75) is 38.1 Å². The molecule has 1 N–H and O–H groups in total. The molecule has 0 aromatic rings. The lowest BCUT2D eigenvalue weighted by atomic mass is 9.93. The number of quaternary nitrogens is 1. The van der Waals surface area contributed by atoms with Crippen molar-refractivity contribution >= 4 is 5.78 Å². The van der Waals surface area contributed by atoms with Gasteiger partial charge >= 0.3 is 0 Å². The Kier molecular flexibility index (Phi) is 4.00. The van der Waals surface area contributed by atoms with Gasteiger partial charge in [0.15, 0.2) is 5.78 Å². The number of nitrogens with one attached hydrogen (secondary N) is 1. The number of nitrogens with zero attached hydrogens (tertiary/aromatic N) is 1. The van der Waals surface area contributed by atoms with Crippen molar-refractivity contribution in [3.05, 3.63) is 11.6 Å². The molecule has 3 nitrogen and oxygen atoms in total. The minimum Gasteiger partial charge on any atom is -0.326 e. The van der Waals surface area contributed by atoms with Gasteiger partial charge in [-0.2, -0.15) is 0 Å². The van der Waals surface area contributed by atoms with Gasteiger partial charge in [-0.15, -0.1) is 0 Å². The number of hydrogen-bond donors (Lipinski definition) is 1. The molecular weight excluding hydrogens is 212 g/mol. The molecular formula is C14H25N2O+. The van der Waals surface area contributed by atoms with Gasteiger partial charge in [-0.05, 0) is 31.3 Å². The van der Waals surface area contributed by atoms with E-state index in [2.05, 4.69) is 25.5 Å². The molecule has 17 heavy (non-hydrogen) atoms. The van der Waals surface area contributed by atoms with Crippen LogP contribution in [0.25, 0.3) is 0 Å². The van der Waals surface area contributed by atoms with E-state index in [9.17, 15) is 4.79 Å². The highest BCUT2D eigenvalue weighted by Gasteiger charge is 2.27. The second-order valence-corrected chi connectivity index (χ2v) is 6.08. The Hall–Kier alpha value is -0.670. The Bertz CT molecular complexity index is 320. The van der Waals surface area contributed by atoms with Crippen LogP contribution in [-0.2, 0) is 4.79 Å². The standard InChI is InChI=1S/C14H25N2O/c1-16(2)10-9-15-13(11-16)8-7-12-5-3-4-6-14(12)17/h5,13,15H,3-4,6-11H2,1-2H3/q+1. The fraction of sp³-hybridized carbons (Fsp3) is 0.786. The highest BCUT2D eigenvalue weighted by atomic mass is 16.1. The van der Waals surface area contributed by atoms with Crippen LogP contribution in [0.3, 0.4) is 0 Å². The summed E-state index contributed by atoms with van der Waals surface area (Å²) in [5, 5.41) is 3.57. The molecule has 0 radical (unpaired) electrons. The fourth-order valence-electron chi connectivity index (χ4n) is 2.90. The van der Waals surface area contributed by atoms with Gasteiger partial charge < -0.3 is 9.80 Å². The Morgan fingerprint density at radius 2 is 2.29 bits per heavy atom. The largest absolute Gasteiger partial charge is 0.326 e. The Morgan fingerprint density at radius 1 is 1.47 bits per heavy atom. The molecule has 1 atom stereocenters. The number of Topliss-reactive ketones (excluding diaryl/α,β-unsaturated/α-hetero) is 1. The van der Waals surface area contributed by atoms with Crippen LogP contribution in [0.15, 0.2) is 11.6 Å². The molecule has 0 amide bonds. The van der Waals surface area contributed by atoms with Crippen LogP contribution in [0.4, 0.5) is 0 Å². The molecule has 1 heterocycles. The number of hydrogen-bond acceptors (Lipinski definition) is 2. The molecule has 2 aliphatic rings. The van der Waals surface area contributed by atoms with Gasteiger partial charge in [0, 0.05) is 13.0 Å². The van der Waals surface area contributed by atoms with Gasteiger partial charge in [-0.3, -0.25) is 4.79 Å². The first-order valence-corrected chi connectivity index (χ1v) is 6.84. The number of rotatable bonds is 3. The molecule has 3 heteroatoms. The Morgan fingerprint density at radius 3 is 3.00 bits per heavy atom. The Balaban J connectivity index is 1.82. The second-order valence-electron chi connectivity index (χ2n) is 6.08.